The molecule has 4 heteroatoms. The van der Waals surface area contributed by atoms with Gasteiger partial charge >= 0.3 is 5.97 Å². The van der Waals surface area contributed by atoms with Gasteiger partial charge in [-0.05, 0) is 24.1 Å². The maximum atomic E-state index is 10.8. The summed E-state index contributed by atoms with van der Waals surface area (Å²) in [5, 5.41) is 8.85. The highest BCUT2D eigenvalue weighted by atomic mass is 16.5. The molecule has 92 valence electrons. The Bertz CT molecular complexity index is 383. The second-order valence-corrected chi connectivity index (χ2v) is 4.25. The molecule has 1 aromatic carbocycles. The third-order valence-corrected chi connectivity index (χ3v) is 2.82. The number of hydrogen-bond acceptors (Lipinski definition) is 3. The lowest BCUT2D eigenvalue weighted by Crippen LogP contribution is -2.09. The molecule has 0 radical (unpaired) electrons. The molecule has 1 aromatic rings. The molecule has 0 saturated carbocycles. The van der Waals surface area contributed by atoms with E-state index in [1.165, 1.54) is 0 Å². The third-order valence-electron chi connectivity index (χ3n) is 2.82. The van der Waals surface area contributed by atoms with Gasteiger partial charge in [0.2, 0.25) is 0 Å². The Morgan fingerprint density at radius 3 is 3.12 bits per heavy atom. The number of aromatic carboxylic acids is 1. The smallest absolute Gasteiger partial charge is 0.335 e. The van der Waals surface area contributed by atoms with Crippen LogP contribution in [0.4, 0.5) is 0 Å². The first-order valence-electron chi connectivity index (χ1n) is 5.73. The summed E-state index contributed by atoms with van der Waals surface area (Å²) in [6, 6.07) is 6.84. The normalized spacial score (nSPS) is 19.4. The van der Waals surface area contributed by atoms with Crippen molar-refractivity contribution in [1.29, 1.82) is 0 Å². The zero-order valence-corrected chi connectivity index (χ0v) is 9.59. The van der Waals surface area contributed by atoms with Gasteiger partial charge in [-0.25, -0.2) is 4.79 Å². The Labute approximate surface area is 100 Å². The van der Waals surface area contributed by atoms with Crippen LogP contribution in [0.15, 0.2) is 24.3 Å². The molecule has 0 amide bonds. The first kappa shape index (κ1) is 12.1. The fourth-order valence-electron chi connectivity index (χ4n) is 1.85. The second-order valence-electron chi connectivity index (χ2n) is 4.25. The maximum absolute atomic E-state index is 10.8. The fraction of sp³-hybridized carbons (Fsp3) is 0.462. The zero-order valence-electron chi connectivity index (χ0n) is 9.59. The quantitative estimate of drug-likeness (QED) is 0.848. The van der Waals surface area contributed by atoms with Gasteiger partial charge in [-0.1, -0.05) is 12.1 Å². The summed E-state index contributed by atoms with van der Waals surface area (Å²) in [5.41, 5.74) is 1.19. The molecular formula is C13H16O4. The number of rotatable bonds is 5. The van der Waals surface area contributed by atoms with E-state index in [-0.39, 0.29) is 0 Å². The standard InChI is InChI=1S/C13H16O4/c14-13(15)12-3-1-2-10(6-12)7-17-9-11-4-5-16-8-11/h1-3,6,11H,4-5,7-9H2,(H,14,15). The van der Waals surface area contributed by atoms with Crippen molar-refractivity contribution in [2.75, 3.05) is 19.8 Å². The van der Waals surface area contributed by atoms with Gasteiger partial charge in [-0.15, -0.1) is 0 Å². The van der Waals surface area contributed by atoms with Crippen molar-refractivity contribution < 1.29 is 19.4 Å². The Balaban J connectivity index is 1.81. The molecule has 1 atom stereocenters. The van der Waals surface area contributed by atoms with Crippen LogP contribution in [0.1, 0.15) is 22.3 Å². The average molecular weight is 236 g/mol. The Kier molecular flexibility index (Phi) is 4.12. The van der Waals surface area contributed by atoms with Crippen LogP contribution < -0.4 is 0 Å². The molecule has 0 spiro atoms. The Hall–Kier alpha value is -1.39. The predicted molar refractivity (Wildman–Crippen MR) is 62.0 cm³/mol. The predicted octanol–water partition coefficient (Wildman–Crippen LogP) is 1.94. The molecule has 1 heterocycles. The van der Waals surface area contributed by atoms with E-state index >= 15 is 0 Å². The van der Waals surface area contributed by atoms with Crippen LogP contribution in [0.3, 0.4) is 0 Å². The van der Waals surface area contributed by atoms with E-state index in [0.29, 0.717) is 24.7 Å². The molecule has 1 fully saturated rings. The van der Waals surface area contributed by atoms with E-state index in [1.807, 2.05) is 6.07 Å². The van der Waals surface area contributed by atoms with E-state index in [4.69, 9.17) is 14.6 Å². The molecule has 1 N–H and O–H groups in total. The number of carboxylic acids is 1. The molecule has 0 aliphatic carbocycles. The molecule has 4 nitrogen and oxygen atoms in total. The van der Waals surface area contributed by atoms with Crippen molar-refractivity contribution in [3.63, 3.8) is 0 Å². The number of hydrogen-bond donors (Lipinski definition) is 1. The molecule has 1 unspecified atom stereocenters. The number of carboxylic acid groups (broad SMARTS) is 1. The highest BCUT2D eigenvalue weighted by Crippen LogP contribution is 2.14. The summed E-state index contributed by atoms with van der Waals surface area (Å²) in [7, 11) is 0. The SMILES string of the molecule is O=C(O)c1cccc(COCC2CCOC2)c1. The minimum Gasteiger partial charge on any atom is -0.478 e. The lowest BCUT2D eigenvalue weighted by atomic mass is 10.1. The van der Waals surface area contributed by atoms with Crippen molar-refractivity contribution in [2.45, 2.75) is 13.0 Å². The van der Waals surface area contributed by atoms with E-state index < -0.39 is 5.97 Å². The average Bonchev–Trinajstić information content (AvgIpc) is 2.82. The Morgan fingerprint density at radius 2 is 2.41 bits per heavy atom. The lowest BCUT2D eigenvalue weighted by Gasteiger charge is -2.09. The van der Waals surface area contributed by atoms with Crippen molar-refractivity contribution in [3.8, 4) is 0 Å². The molecule has 1 aliphatic rings. The van der Waals surface area contributed by atoms with Crippen LogP contribution in [0.5, 0.6) is 0 Å². The molecule has 17 heavy (non-hydrogen) atoms. The largest absolute Gasteiger partial charge is 0.478 e. The topological polar surface area (TPSA) is 55.8 Å². The van der Waals surface area contributed by atoms with Gasteiger partial charge in [0, 0.05) is 12.5 Å². The highest BCUT2D eigenvalue weighted by Gasteiger charge is 2.15. The van der Waals surface area contributed by atoms with Crippen LogP contribution in [0, 0.1) is 5.92 Å². The highest BCUT2D eigenvalue weighted by molar-refractivity contribution is 5.87. The van der Waals surface area contributed by atoms with Crippen LogP contribution in [0.25, 0.3) is 0 Å². The van der Waals surface area contributed by atoms with Crippen LogP contribution in [-0.4, -0.2) is 30.9 Å². The Morgan fingerprint density at radius 1 is 1.53 bits per heavy atom. The fourth-order valence-corrected chi connectivity index (χ4v) is 1.85. The molecule has 0 aromatic heterocycles. The van der Waals surface area contributed by atoms with Gasteiger partial charge in [-0.3, -0.25) is 0 Å². The molecule has 0 bridgehead atoms. The minimum atomic E-state index is -0.906. The van der Waals surface area contributed by atoms with E-state index in [1.54, 1.807) is 18.2 Å². The van der Waals surface area contributed by atoms with Crippen molar-refractivity contribution >= 4 is 5.97 Å². The van der Waals surface area contributed by atoms with Crippen LogP contribution in [0.2, 0.25) is 0 Å². The molecule has 1 saturated heterocycles. The summed E-state index contributed by atoms with van der Waals surface area (Å²) in [4.78, 5) is 10.8. The first-order valence-corrected chi connectivity index (χ1v) is 5.73. The van der Waals surface area contributed by atoms with Gasteiger partial charge in [0.1, 0.15) is 0 Å². The van der Waals surface area contributed by atoms with Gasteiger partial charge < -0.3 is 14.6 Å². The maximum Gasteiger partial charge on any atom is 0.335 e. The summed E-state index contributed by atoms with van der Waals surface area (Å²) in [5.74, 6) is -0.423. The van der Waals surface area contributed by atoms with Crippen molar-refractivity contribution in [2.24, 2.45) is 5.92 Å². The lowest BCUT2D eigenvalue weighted by molar-refractivity contribution is 0.0695. The van der Waals surface area contributed by atoms with Crippen LogP contribution >= 0.6 is 0 Å². The van der Waals surface area contributed by atoms with E-state index in [2.05, 4.69) is 0 Å². The van der Waals surface area contributed by atoms with Gasteiger partial charge in [0.05, 0.1) is 25.4 Å². The van der Waals surface area contributed by atoms with E-state index in [0.717, 1.165) is 25.2 Å². The number of ether oxygens (including phenoxy) is 2. The van der Waals surface area contributed by atoms with E-state index in [9.17, 15) is 4.79 Å². The number of benzene rings is 1. The summed E-state index contributed by atoms with van der Waals surface area (Å²) in [6.07, 6.45) is 1.05. The summed E-state index contributed by atoms with van der Waals surface area (Å²) < 4.78 is 10.8. The van der Waals surface area contributed by atoms with Crippen molar-refractivity contribution in [3.05, 3.63) is 35.4 Å². The first-order chi connectivity index (χ1) is 8.25. The molecular weight excluding hydrogens is 220 g/mol. The third kappa shape index (κ3) is 3.54. The number of carbonyl (C=O) groups is 1. The van der Waals surface area contributed by atoms with Crippen LogP contribution in [-0.2, 0) is 16.1 Å². The van der Waals surface area contributed by atoms with Crippen molar-refractivity contribution in [1.82, 2.24) is 0 Å². The zero-order chi connectivity index (χ0) is 12.1. The van der Waals surface area contributed by atoms with Gasteiger partial charge in [-0.2, -0.15) is 0 Å². The minimum absolute atomic E-state index is 0.301. The van der Waals surface area contributed by atoms with Gasteiger partial charge in [0.25, 0.3) is 0 Å². The second kappa shape index (κ2) is 5.80. The molecule has 2 rings (SSSR count). The monoisotopic (exact) mass is 236 g/mol. The summed E-state index contributed by atoms with van der Waals surface area (Å²) >= 11 is 0. The summed E-state index contributed by atoms with van der Waals surface area (Å²) in [6.45, 7) is 2.73. The van der Waals surface area contributed by atoms with Gasteiger partial charge in [0.15, 0.2) is 0 Å². The molecule has 1 aliphatic heterocycles.